The molecule has 5 heteroatoms. The number of unbranched alkanes of at least 4 members (excludes halogenated alkanes) is 1. The quantitative estimate of drug-likeness (QED) is 0.175. The van der Waals surface area contributed by atoms with Crippen molar-refractivity contribution in [1.82, 2.24) is 14.5 Å². The summed E-state index contributed by atoms with van der Waals surface area (Å²) in [5, 5.41) is 0. The van der Waals surface area contributed by atoms with E-state index in [9.17, 15) is 4.79 Å². The lowest BCUT2D eigenvalue weighted by Crippen LogP contribution is -2.27. The summed E-state index contributed by atoms with van der Waals surface area (Å²) in [6.45, 7) is 6.87. The highest BCUT2D eigenvalue weighted by atomic mass is 16.5. The number of fused-ring (bicyclic) bond motifs is 1. The number of amides is 1. The molecule has 3 aromatic carbocycles. The molecule has 1 aliphatic rings. The first-order valence-corrected chi connectivity index (χ1v) is 13.3. The maximum atomic E-state index is 12.9. The number of aromatic nitrogens is 2. The average molecular weight is 494 g/mol. The van der Waals surface area contributed by atoms with Crippen molar-refractivity contribution in [1.29, 1.82) is 0 Å². The second-order valence-electron chi connectivity index (χ2n) is 9.74. The zero-order chi connectivity index (χ0) is 25.5. The Balaban J connectivity index is 1.22. The van der Waals surface area contributed by atoms with Gasteiger partial charge < -0.3 is 14.2 Å². The fraction of sp³-hybridized carbons (Fsp3) is 0.312. The van der Waals surface area contributed by atoms with Crippen LogP contribution < -0.4 is 4.74 Å². The minimum atomic E-state index is 0.123. The molecule has 1 atom stereocenters. The van der Waals surface area contributed by atoms with Gasteiger partial charge in [0.2, 0.25) is 5.91 Å². The van der Waals surface area contributed by atoms with Crippen molar-refractivity contribution in [2.45, 2.75) is 44.6 Å². The van der Waals surface area contributed by atoms with Gasteiger partial charge in [-0.15, -0.1) is 6.58 Å². The van der Waals surface area contributed by atoms with Gasteiger partial charge in [-0.25, -0.2) is 4.98 Å². The van der Waals surface area contributed by atoms with E-state index in [0.717, 1.165) is 67.9 Å². The molecule has 0 bridgehead atoms. The Hall–Kier alpha value is -3.86. The van der Waals surface area contributed by atoms with Gasteiger partial charge in [0.15, 0.2) is 0 Å². The van der Waals surface area contributed by atoms with Crippen molar-refractivity contribution in [3.63, 3.8) is 0 Å². The normalized spacial score (nSPS) is 15.4. The average Bonchev–Trinajstić information content (AvgIpc) is 3.49. The fourth-order valence-corrected chi connectivity index (χ4v) is 5.23. The van der Waals surface area contributed by atoms with Crippen molar-refractivity contribution < 1.29 is 9.53 Å². The van der Waals surface area contributed by atoms with Crippen molar-refractivity contribution in [3.8, 4) is 5.75 Å². The third-order valence-corrected chi connectivity index (χ3v) is 7.15. The first kappa shape index (κ1) is 24.8. The summed E-state index contributed by atoms with van der Waals surface area (Å²) in [7, 11) is 0. The molecule has 1 aromatic heterocycles. The van der Waals surface area contributed by atoms with Gasteiger partial charge in [-0.3, -0.25) is 4.79 Å². The minimum absolute atomic E-state index is 0.123. The summed E-state index contributed by atoms with van der Waals surface area (Å²) in [6.07, 6.45) is 6.05. The molecule has 2 heterocycles. The summed E-state index contributed by atoms with van der Waals surface area (Å²) < 4.78 is 8.43. The lowest BCUT2D eigenvalue weighted by atomic mass is 10.1. The predicted molar refractivity (Wildman–Crippen MR) is 149 cm³/mol. The number of aryl methyl sites for hydroxylation is 1. The van der Waals surface area contributed by atoms with E-state index in [2.05, 4.69) is 59.7 Å². The second-order valence-corrected chi connectivity index (χ2v) is 9.74. The maximum absolute atomic E-state index is 12.9. The molecule has 0 saturated carbocycles. The third-order valence-electron chi connectivity index (χ3n) is 7.15. The van der Waals surface area contributed by atoms with E-state index in [1.807, 2.05) is 41.3 Å². The highest BCUT2D eigenvalue weighted by Gasteiger charge is 2.33. The fourth-order valence-electron chi connectivity index (χ4n) is 5.23. The number of imidazole rings is 1. The topological polar surface area (TPSA) is 47.4 Å². The van der Waals surface area contributed by atoms with Gasteiger partial charge in [0, 0.05) is 32.0 Å². The third kappa shape index (κ3) is 5.93. The van der Waals surface area contributed by atoms with Crippen LogP contribution in [-0.4, -0.2) is 40.1 Å². The molecule has 0 aliphatic carbocycles. The number of carbonyl (C=O) groups is 1. The van der Waals surface area contributed by atoms with Crippen LogP contribution in [0.4, 0.5) is 0 Å². The Morgan fingerprint density at radius 1 is 0.946 bits per heavy atom. The van der Waals surface area contributed by atoms with Crippen LogP contribution >= 0.6 is 0 Å². The molecule has 1 unspecified atom stereocenters. The monoisotopic (exact) mass is 493 g/mol. The number of carbonyl (C=O) groups excluding carboxylic acids is 1. The zero-order valence-electron chi connectivity index (χ0n) is 21.4. The first-order valence-electron chi connectivity index (χ1n) is 13.3. The van der Waals surface area contributed by atoms with Crippen LogP contribution in [0.1, 0.15) is 42.1 Å². The van der Waals surface area contributed by atoms with E-state index in [-0.39, 0.29) is 11.8 Å². The number of rotatable bonds is 12. The summed E-state index contributed by atoms with van der Waals surface area (Å²) in [5.41, 5.74) is 4.58. The van der Waals surface area contributed by atoms with E-state index in [1.165, 1.54) is 11.1 Å². The van der Waals surface area contributed by atoms with E-state index in [4.69, 9.17) is 9.72 Å². The molecule has 1 saturated heterocycles. The first-order chi connectivity index (χ1) is 18.2. The summed E-state index contributed by atoms with van der Waals surface area (Å²) in [5.74, 6) is 2.33. The molecular formula is C32H35N3O2. The van der Waals surface area contributed by atoms with Crippen LogP contribution in [0.5, 0.6) is 5.75 Å². The molecule has 37 heavy (non-hydrogen) atoms. The van der Waals surface area contributed by atoms with Crippen molar-refractivity contribution in [3.05, 3.63) is 108 Å². The van der Waals surface area contributed by atoms with Gasteiger partial charge in [-0.05, 0) is 55.0 Å². The molecule has 5 nitrogen and oxygen atoms in total. The predicted octanol–water partition coefficient (Wildman–Crippen LogP) is 6.18. The van der Waals surface area contributed by atoms with Crippen LogP contribution in [0.25, 0.3) is 11.0 Å². The van der Waals surface area contributed by atoms with Gasteiger partial charge in [-0.2, -0.15) is 0 Å². The van der Waals surface area contributed by atoms with Gasteiger partial charge in [0.25, 0.3) is 0 Å². The van der Waals surface area contributed by atoms with Crippen LogP contribution in [0.3, 0.4) is 0 Å². The minimum Gasteiger partial charge on any atom is -0.493 e. The number of allylic oxidation sites excluding steroid dienone is 1. The number of benzene rings is 3. The van der Waals surface area contributed by atoms with Crippen LogP contribution in [0.15, 0.2) is 91.5 Å². The van der Waals surface area contributed by atoms with Crippen molar-refractivity contribution in [2.75, 3.05) is 19.7 Å². The van der Waals surface area contributed by atoms with Gasteiger partial charge in [0.05, 0.1) is 17.6 Å². The molecule has 0 N–H and O–H groups in total. The van der Waals surface area contributed by atoms with E-state index < -0.39 is 0 Å². The molecule has 0 spiro atoms. The van der Waals surface area contributed by atoms with E-state index in [0.29, 0.717) is 13.0 Å². The van der Waals surface area contributed by atoms with Crippen molar-refractivity contribution in [2.24, 2.45) is 0 Å². The Bertz CT molecular complexity index is 1340. The number of ether oxygens (including phenoxy) is 1. The second kappa shape index (κ2) is 11.9. The molecule has 1 amide bonds. The Morgan fingerprint density at radius 3 is 2.59 bits per heavy atom. The molecule has 1 aliphatic heterocycles. The molecule has 5 rings (SSSR count). The molecular weight excluding hydrogens is 458 g/mol. The highest BCUT2D eigenvalue weighted by Crippen LogP contribution is 2.31. The Kier molecular flexibility index (Phi) is 7.99. The Morgan fingerprint density at radius 2 is 1.73 bits per heavy atom. The largest absolute Gasteiger partial charge is 0.493 e. The van der Waals surface area contributed by atoms with Crippen LogP contribution in [-0.2, 0) is 24.2 Å². The van der Waals surface area contributed by atoms with Gasteiger partial charge in [-0.1, -0.05) is 66.7 Å². The number of nitrogens with zero attached hydrogens (tertiary/aromatic N) is 3. The van der Waals surface area contributed by atoms with E-state index >= 15 is 0 Å². The lowest BCUT2D eigenvalue weighted by molar-refractivity contribution is -0.127. The van der Waals surface area contributed by atoms with Crippen LogP contribution in [0, 0.1) is 0 Å². The molecule has 4 aromatic rings. The highest BCUT2D eigenvalue weighted by molar-refractivity contribution is 5.81. The molecule has 0 radical (unpaired) electrons. The SMILES string of the molecule is C=CCc1ccccc1OCCCCn1c(C2CC(=O)N(CCc3ccccc3)C2)nc2ccccc21. The number of hydrogen-bond acceptors (Lipinski definition) is 3. The summed E-state index contributed by atoms with van der Waals surface area (Å²) >= 11 is 0. The van der Waals surface area contributed by atoms with Gasteiger partial charge >= 0.3 is 0 Å². The number of likely N-dealkylation sites (tertiary alicyclic amines) is 1. The Labute approximate surface area is 219 Å². The van der Waals surface area contributed by atoms with Crippen molar-refractivity contribution >= 4 is 16.9 Å². The van der Waals surface area contributed by atoms with Gasteiger partial charge in [0.1, 0.15) is 11.6 Å². The molecule has 190 valence electrons. The van der Waals surface area contributed by atoms with Crippen LogP contribution in [0.2, 0.25) is 0 Å². The zero-order valence-corrected chi connectivity index (χ0v) is 21.4. The number of para-hydroxylation sites is 3. The molecule has 1 fully saturated rings. The lowest BCUT2D eigenvalue weighted by Gasteiger charge is -2.17. The summed E-state index contributed by atoms with van der Waals surface area (Å²) in [6, 6.07) is 26.8. The smallest absolute Gasteiger partial charge is 0.223 e. The maximum Gasteiger partial charge on any atom is 0.223 e. The summed E-state index contributed by atoms with van der Waals surface area (Å²) in [4.78, 5) is 19.9. The number of hydrogen-bond donors (Lipinski definition) is 0. The standard InChI is InChI=1S/C32H35N3O2/c1-2-12-26-15-6-9-18-30(26)37-22-11-10-20-35-29-17-8-7-16-28(29)33-32(35)27-23-31(36)34(24-27)21-19-25-13-4-3-5-14-25/h2-9,13-18,27H,1,10-12,19-24H2. The van der Waals surface area contributed by atoms with E-state index in [1.54, 1.807) is 0 Å².